The predicted molar refractivity (Wildman–Crippen MR) is 78.4 cm³/mol. The van der Waals surface area contributed by atoms with Gasteiger partial charge in [0.15, 0.2) is 0 Å². The Kier molecular flexibility index (Phi) is 3.82. The third-order valence-corrected chi connectivity index (χ3v) is 3.77. The van der Waals surface area contributed by atoms with Crippen molar-refractivity contribution in [3.8, 4) is 6.07 Å². The molecular formula is C15H16ClN3. The highest BCUT2D eigenvalue weighted by Crippen LogP contribution is 2.21. The Hall–Kier alpha value is -1.92. The average molecular weight is 274 g/mol. The van der Waals surface area contributed by atoms with Gasteiger partial charge in [-0.1, -0.05) is 11.6 Å². The maximum Gasteiger partial charge on any atom is 0.101 e. The van der Waals surface area contributed by atoms with Crippen molar-refractivity contribution in [2.75, 3.05) is 5.32 Å². The second kappa shape index (κ2) is 5.38. The number of halogens is 1. The molecule has 3 nitrogen and oxygen atoms in total. The van der Waals surface area contributed by atoms with Gasteiger partial charge < -0.3 is 9.88 Å². The van der Waals surface area contributed by atoms with Crippen LogP contribution in [0.1, 0.15) is 22.5 Å². The number of nitrogens with zero attached hydrogens (tertiary/aromatic N) is 2. The first-order chi connectivity index (χ1) is 9.02. The van der Waals surface area contributed by atoms with Crippen molar-refractivity contribution in [3.05, 3.63) is 51.8 Å². The van der Waals surface area contributed by atoms with Gasteiger partial charge in [0.25, 0.3) is 0 Å². The molecule has 2 rings (SSSR count). The van der Waals surface area contributed by atoms with Gasteiger partial charge in [0.1, 0.15) is 6.07 Å². The molecule has 0 aliphatic heterocycles. The van der Waals surface area contributed by atoms with E-state index in [9.17, 15) is 0 Å². The number of nitriles is 1. The van der Waals surface area contributed by atoms with Crippen LogP contribution in [0.5, 0.6) is 0 Å². The third-order valence-electron chi connectivity index (χ3n) is 3.45. The molecule has 0 saturated heterocycles. The molecule has 0 radical (unpaired) electrons. The summed E-state index contributed by atoms with van der Waals surface area (Å²) < 4.78 is 2.17. The van der Waals surface area contributed by atoms with E-state index < -0.39 is 0 Å². The largest absolute Gasteiger partial charge is 0.381 e. The molecule has 0 amide bonds. The highest BCUT2D eigenvalue weighted by Gasteiger charge is 2.06. The quantitative estimate of drug-likeness (QED) is 0.925. The monoisotopic (exact) mass is 273 g/mol. The zero-order chi connectivity index (χ0) is 14.0. The van der Waals surface area contributed by atoms with E-state index >= 15 is 0 Å². The Labute approximate surface area is 118 Å². The molecule has 1 heterocycles. The molecule has 0 atom stereocenters. The molecule has 0 unspecified atom stereocenters. The SMILES string of the molecule is Cc1cc(CNc2ccc(C#N)c(Cl)c2)c(C)n1C. The third kappa shape index (κ3) is 2.74. The van der Waals surface area contributed by atoms with Crippen LogP contribution >= 0.6 is 11.6 Å². The average Bonchev–Trinajstić information content (AvgIpc) is 2.64. The van der Waals surface area contributed by atoms with Crippen LogP contribution in [0.2, 0.25) is 5.02 Å². The van der Waals surface area contributed by atoms with Crippen molar-refractivity contribution in [1.29, 1.82) is 5.26 Å². The molecule has 0 aliphatic rings. The molecule has 0 saturated carbocycles. The van der Waals surface area contributed by atoms with Crippen LogP contribution in [-0.2, 0) is 13.6 Å². The van der Waals surface area contributed by atoms with Crippen LogP contribution in [0.25, 0.3) is 0 Å². The fraction of sp³-hybridized carbons (Fsp3) is 0.267. The predicted octanol–water partition coefficient (Wildman–Crippen LogP) is 3.78. The van der Waals surface area contributed by atoms with Gasteiger partial charge in [0.05, 0.1) is 10.6 Å². The van der Waals surface area contributed by atoms with Crippen molar-refractivity contribution in [2.24, 2.45) is 7.05 Å². The molecule has 0 spiro atoms. The number of hydrogen-bond acceptors (Lipinski definition) is 2. The van der Waals surface area contributed by atoms with E-state index in [1.54, 1.807) is 12.1 Å². The van der Waals surface area contributed by atoms with Gasteiger partial charge in [0.2, 0.25) is 0 Å². The van der Waals surface area contributed by atoms with Crippen LogP contribution in [0.3, 0.4) is 0 Å². The summed E-state index contributed by atoms with van der Waals surface area (Å²) in [5.74, 6) is 0. The maximum absolute atomic E-state index is 8.83. The summed E-state index contributed by atoms with van der Waals surface area (Å²) in [6.07, 6.45) is 0. The van der Waals surface area contributed by atoms with Gasteiger partial charge in [0, 0.05) is 30.7 Å². The number of rotatable bonds is 3. The summed E-state index contributed by atoms with van der Waals surface area (Å²) in [6.45, 7) is 4.95. The second-order valence-corrected chi connectivity index (χ2v) is 5.02. The van der Waals surface area contributed by atoms with E-state index in [0.29, 0.717) is 10.6 Å². The standard InChI is InChI=1S/C15H16ClN3/c1-10-6-13(11(2)19(10)3)9-18-14-5-4-12(8-17)15(16)7-14/h4-7,18H,9H2,1-3H3. The van der Waals surface area contributed by atoms with Crippen molar-refractivity contribution in [3.63, 3.8) is 0 Å². The fourth-order valence-corrected chi connectivity index (χ4v) is 2.25. The summed E-state index contributed by atoms with van der Waals surface area (Å²) >= 11 is 6.01. The van der Waals surface area contributed by atoms with Gasteiger partial charge in [-0.15, -0.1) is 0 Å². The summed E-state index contributed by atoms with van der Waals surface area (Å²) in [4.78, 5) is 0. The Balaban J connectivity index is 2.13. The number of nitrogens with one attached hydrogen (secondary N) is 1. The Morgan fingerprint density at radius 2 is 2.05 bits per heavy atom. The van der Waals surface area contributed by atoms with Crippen LogP contribution in [0, 0.1) is 25.2 Å². The van der Waals surface area contributed by atoms with Gasteiger partial charge in [-0.25, -0.2) is 0 Å². The molecule has 4 heteroatoms. The summed E-state index contributed by atoms with van der Waals surface area (Å²) in [5, 5.41) is 12.6. The first-order valence-electron chi connectivity index (χ1n) is 6.08. The number of hydrogen-bond donors (Lipinski definition) is 1. The van der Waals surface area contributed by atoms with Gasteiger partial charge in [-0.05, 0) is 43.7 Å². The number of aryl methyl sites for hydroxylation is 1. The lowest BCUT2D eigenvalue weighted by atomic mass is 10.2. The van der Waals surface area contributed by atoms with Crippen molar-refractivity contribution >= 4 is 17.3 Å². The normalized spacial score (nSPS) is 10.3. The lowest BCUT2D eigenvalue weighted by Gasteiger charge is -2.08. The van der Waals surface area contributed by atoms with Gasteiger partial charge in [-0.3, -0.25) is 0 Å². The lowest BCUT2D eigenvalue weighted by Crippen LogP contribution is -2.01. The van der Waals surface area contributed by atoms with E-state index in [0.717, 1.165) is 12.2 Å². The number of aromatic nitrogens is 1. The zero-order valence-electron chi connectivity index (χ0n) is 11.3. The molecule has 2 aromatic rings. The fourth-order valence-electron chi connectivity index (χ4n) is 2.03. The minimum atomic E-state index is 0.480. The molecule has 0 fully saturated rings. The van der Waals surface area contributed by atoms with E-state index in [1.807, 2.05) is 6.07 Å². The lowest BCUT2D eigenvalue weighted by molar-refractivity contribution is 0.837. The first kappa shape index (κ1) is 13.5. The molecule has 19 heavy (non-hydrogen) atoms. The van der Waals surface area contributed by atoms with Crippen molar-refractivity contribution in [2.45, 2.75) is 20.4 Å². The van der Waals surface area contributed by atoms with Gasteiger partial charge in [-0.2, -0.15) is 5.26 Å². The van der Waals surface area contributed by atoms with Crippen LogP contribution in [0.15, 0.2) is 24.3 Å². The summed E-state index contributed by atoms with van der Waals surface area (Å²) in [6, 6.07) is 9.61. The Bertz CT molecular complexity index is 650. The maximum atomic E-state index is 8.83. The number of anilines is 1. The van der Waals surface area contributed by atoms with E-state index in [1.165, 1.54) is 17.0 Å². The number of benzene rings is 1. The summed E-state index contributed by atoms with van der Waals surface area (Å²) in [5.41, 5.74) is 5.18. The Morgan fingerprint density at radius 1 is 1.32 bits per heavy atom. The van der Waals surface area contributed by atoms with Crippen molar-refractivity contribution in [1.82, 2.24) is 4.57 Å². The smallest absolute Gasteiger partial charge is 0.101 e. The molecule has 1 N–H and O–H groups in total. The summed E-state index contributed by atoms with van der Waals surface area (Å²) in [7, 11) is 2.06. The first-order valence-corrected chi connectivity index (χ1v) is 6.46. The molecular weight excluding hydrogens is 258 g/mol. The van der Waals surface area contributed by atoms with Crippen LogP contribution < -0.4 is 5.32 Å². The molecule has 98 valence electrons. The van der Waals surface area contributed by atoms with Crippen LogP contribution in [0.4, 0.5) is 5.69 Å². The molecule has 1 aromatic heterocycles. The molecule has 1 aromatic carbocycles. The topological polar surface area (TPSA) is 40.8 Å². The van der Waals surface area contributed by atoms with E-state index in [-0.39, 0.29) is 0 Å². The highest BCUT2D eigenvalue weighted by atomic mass is 35.5. The highest BCUT2D eigenvalue weighted by molar-refractivity contribution is 6.32. The van der Waals surface area contributed by atoms with Gasteiger partial charge >= 0.3 is 0 Å². The zero-order valence-corrected chi connectivity index (χ0v) is 12.0. The molecule has 0 aliphatic carbocycles. The molecule has 0 bridgehead atoms. The van der Waals surface area contributed by atoms with Crippen molar-refractivity contribution < 1.29 is 0 Å². The minimum Gasteiger partial charge on any atom is -0.381 e. The Morgan fingerprint density at radius 3 is 2.58 bits per heavy atom. The van der Waals surface area contributed by atoms with E-state index in [2.05, 4.69) is 42.9 Å². The van der Waals surface area contributed by atoms with Crippen LogP contribution in [-0.4, -0.2) is 4.57 Å². The minimum absolute atomic E-state index is 0.480. The van der Waals surface area contributed by atoms with E-state index in [4.69, 9.17) is 16.9 Å². The second-order valence-electron chi connectivity index (χ2n) is 4.62.